The zero-order valence-electron chi connectivity index (χ0n) is 12.6. The summed E-state index contributed by atoms with van der Waals surface area (Å²) in [5, 5.41) is 5.59. The van der Waals surface area contributed by atoms with Gasteiger partial charge in [-0.25, -0.2) is 4.79 Å². The Balaban J connectivity index is 1.57. The second-order valence-electron chi connectivity index (χ2n) is 5.12. The largest absolute Gasteiger partial charge is 0.492 e. The first-order valence-electron chi connectivity index (χ1n) is 7.63. The lowest BCUT2D eigenvalue weighted by Crippen LogP contribution is -2.41. The van der Waals surface area contributed by atoms with Gasteiger partial charge in [0.1, 0.15) is 12.4 Å². The highest BCUT2D eigenvalue weighted by atomic mass is 16.5. The highest BCUT2D eigenvalue weighted by Gasteiger charge is 2.15. The van der Waals surface area contributed by atoms with Crippen molar-refractivity contribution < 1.29 is 14.3 Å². The van der Waals surface area contributed by atoms with Gasteiger partial charge in [0.15, 0.2) is 0 Å². The Morgan fingerprint density at radius 1 is 1.43 bits per heavy atom. The first-order valence-corrected chi connectivity index (χ1v) is 7.63. The van der Waals surface area contributed by atoms with Crippen LogP contribution >= 0.6 is 0 Å². The van der Waals surface area contributed by atoms with E-state index in [0.717, 1.165) is 31.6 Å². The van der Waals surface area contributed by atoms with Crippen LogP contribution in [-0.4, -0.2) is 38.4 Å². The maximum Gasteiger partial charge on any atom is 0.315 e. The predicted molar refractivity (Wildman–Crippen MR) is 81.7 cm³/mol. The van der Waals surface area contributed by atoms with Gasteiger partial charge in [0.2, 0.25) is 0 Å². The predicted octanol–water partition coefficient (Wildman–Crippen LogP) is 2.11. The summed E-state index contributed by atoms with van der Waals surface area (Å²) in [6.45, 7) is 4.43. The van der Waals surface area contributed by atoms with Crippen molar-refractivity contribution in [1.82, 2.24) is 10.6 Å². The Morgan fingerprint density at radius 3 is 3.10 bits per heavy atom. The molecule has 21 heavy (non-hydrogen) atoms. The Bertz CT molecular complexity index is 445. The molecular formula is C16H24N2O3. The number of hydrogen-bond donors (Lipinski definition) is 2. The molecule has 1 unspecified atom stereocenters. The van der Waals surface area contributed by atoms with E-state index in [1.807, 2.05) is 18.2 Å². The number of ether oxygens (including phenoxy) is 2. The number of nitrogens with one attached hydrogen (secondary N) is 2. The number of benzene rings is 1. The van der Waals surface area contributed by atoms with Crippen molar-refractivity contribution in [2.24, 2.45) is 0 Å². The van der Waals surface area contributed by atoms with E-state index in [4.69, 9.17) is 9.47 Å². The highest BCUT2D eigenvalue weighted by molar-refractivity contribution is 5.73. The summed E-state index contributed by atoms with van der Waals surface area (Å²) in [7, 11) is 0. The van der Waals surface area contributed by atoms with Crippen molar-refractivity contribution in [1.29, 1.82) is 0 Å². The van der Waals surface area contributed by atoms with Crippen LogP contribution in [0.4, 0.5) is 4.79 Å². The van der Waals surface area contributed by atoms with E-state index in [9.17, 15) is 4.79 Å². The number of aryl methyl sites for hydroxylation is 1. The molecule has 2 rings (SSSR count). The molecule has 2 N–H and O–H groups in total. The Labute approximate surface area is 126 Å². The van der Waals surface area contributed by atoms with Gasteiger partial charge in [0, 0.05) is 13.2 Å². The number of urea groups is 1. The third-order valence-electron chi connectivity index (χ3n) is 3.48. The molecule has 116 valence electrons. The Hall–Kier alpha value is -1.75. The van der Waals surface area contributed by atoms with Gasteiger partial charge in [-0.15, -0.1) is 0 Å². The summed E-state index contributed by atoms with van der Waals surface area (Å²) in [5.41, 5.74) is 1.25. The molecule has 1 aliphatic rings. The van der Waals surface area contributed by atoms with Gasteiger partial charge >= 0.3 is 6.03 Å². The van der Waals surface area contributed by atoms with Crippen LogP contribution in [0.5, 0.6) is 5.75 Å². The van der Waals surface area contributed by atoms with Crippen molar-refractivity contribution in [2.75, 3.05) is 26.3 Å². The lowest BCUT2D eigenvalue weighted by Gasteiger charge is -2.12. The second kappa shape index (κ2) is 8.52. The van der Waals surface area contributed by atoms with Crippen LogP contribution in [0, 0.1) is 0 Å². The van der Waals surface area contributed by atoms with E-state index < -0.39 is 0 Å². The smallest absolute Gasteiger partial charge is 0.315 e. The molecule has 0 radical (unpaired) electrons. The van der Waals surface area contributed by atoms with Gasteiger partial charge in [-0.3, -0.25) is 0 Å². The molecule has 5 nitrogen and oxygen atoms in total. The van der Waals surface area contributed by atoms with Gasteiger partial charge in [0.05, 0.1) is 12.6 Å². The van der Waals surface area contributed by atoms with Gasteiger partial charge < -0.3 is 20.1 Å². The number of carbonyl (C=O) groups excluding carboxylic acids is 1. The molecule has 1 aromatic carbocycles. The minimum absolute atomic E-state index is 0.170. The summed E-state index contributed by atoms with van der Waals surface area (Å²) in [6.07, 6.45) is 3.26. The first-order chi connectivity index (χ1) is 10.3. The summed E-state index contributed by atoms with van der Waals surface area (Å²) in [6, 6.07) is 7.84. The van der Waals surface area contributed by atoms with Gasteiger partial charge in [0.25, 0.3) is 0 Å². The van der Waals surface area contributed by atoms with Crippen molar-refractivity contribution in [3.8, 4) is 5.75 Å². The van der Waals surface area contributed by atoms with Crippen LogP contribution in [-0.2, 0) is 11.2 Å². The molecule has 1 aliphatic heterocycles. The topological polar surface area (TPSA) is 59.6 Å². The van der Waals surface area contributed by atoms with Gasteiger partial charge in [-0.05, 0) is 37.0 Å². The maximum absolute atomic E-state index is 11.6. The third kappa shape index (κ3) is 5.63. The lowest BCUT2D eigenvalue weighted by molar-refractivity contribution is 0.111. The third-order valence-corrected chi connectivity index (χ3v) is 3.48. The summed E-state index contributed by atoms with van der Waals surface area (Å²) in [5.74, 6) is 0.843. The quantitative estimate of drug-likeness (QED) is 0.757. The fraction of sp³-hybridized carbons (Fsp3) is 0.562. The van der Waals surface area contributed by atoms with Crippen LogP contribution in [0.1, 0.15) is 25.3 Å². The summed E-state index contributed by atoms with van der Waals surface area (Å²) in [4.78, 5) is 11.6. The van der Waals surface area contributed by atoms with Crippen LogP contribution in [0.15, 0.2) is 24.3 Å². The molecule has 2 amide bonds. The fourth-order valence-electron chi connectivity index (χ4n) is 2.26. The lowest BCUT2D eigenvalue weighted by atomic mass is 10.2. The fourth-order valence-corrected chi connectivity index (χ4v) is 2.26. The van der Waals surface area contributed by atoms with Crippen LogP contribution in [0.25, 0.3) is 0 Å². The van der Waals surface area contributed by atoms with Crippen LogP contribution in [0.3, 0.4) is 0 Å². The van der Waals surface area contributed by atoms with Crippen molar-refractivity contribution >= 4 is 6.03 Å². The van der Waals surface area contributed by atoms with Gasteiger partial charge in [-0.1, -0.05) is 19.1 Å². The van der Waals surface area contributed by atoms with Crippen molar-refractivity contribution in [2.45, 2.75) is 32.3 Å². The molecule has 0 saturated carbocycles. The molecule has 0 aliphatic carbocycles. The van der Waals surface area contributed by atoms with Crippen LogP contribution in [0.2, 0.25) is 0 Å². The minimum Gasteiger partial charge on any atom is -0.492 e. The monoisotopic (exact) mass is 292 g/mol. The minimum atomic E-state index is -0.170. The van der Waals surface area contributed by atoms with E-state index in [-0.39, 0.29) is 12.1 Å². The highest BCUT2D eigenvalue weighted by Crippen LogP contribution is 2.13. The number of amides is 2. The molecule has 1 atom stereocenters. The van der Waals surface area contributed by atoms with Crippen molar-refractivity contribution in [3.63, 3.8) is 0 Å². The second-order valence-corrected chi connectivity index (χ2v) is 5.12. The van der Waals surface area contributed by atoms with E-state index in [2.05, 4.69) is 23.6 Å². The van der Waals surface area contributed by atoms with E-state index in [1.165, 1.54) is 5.56 Å². The standard InChI is InChI=1S/C16H24N2O3/c1-2-13-5-3-6-14(11-13)21-10-8-17-16(19)18-12-15-7-4-9-20-15/h3,5-6,11,15H,2,4,7-10,12H2,1H3,(H2,17,18,19). The maximum atomic E-state index is 11.6. The molecule has 1 fully saturated rings. The summed E-state index contributed by atoms with van der Waals surface area (Å²) >= 11 is 0. The molecule has 0 aromatic heterocycles. The molecular weight excluding hydrogens is 268 g/mol. The Morgan fingerprint density at radius 2 is 2.33 bits per heavy atom. The molecule has 0 bridgehead atoms. The average molecular weight is 292 g/mol. The summed E-state index contributed by atoms with van der Waals surface area (Å²) < 4.78 is 11.1. The molecule has 1 heterocycles. The van der Waals surface area contributed by atoms with Gasteiger partial charge in [-0.2, -0.15) is 0 Å². The first kappa shape index (κ1) is 15.6. The number of rotatable bonds is 7. The van der Waals surface area contributed by atoms with E-state index in [0.29, 0.717) is 19.7 Å². The van der Waals surface area contributed by atoms with Crippen LogP contribution < -0.4 is 15.4 Å². The number of carbonyl (C=O) groups is 1. The van der Waals surface area contributed by atoms with Crippen molar-refractivity contribution in [3.05, 3.63) is 29.8 Å². The Kier molecular flexibility index (Phi) is 6.34. The van der Waals surface area contributed by atoms with E-state index >= 15 is 0 Å². The normalized spacial score (nSPS) is 17.5. The zero-order valence-corrected chi connectivity index (χ0v) is 12.6. The zero-order chi connectivity index (χ0) is 14.9. The number of hydrogen-bond acceptors (Lipinski definition) is 3. The SMILES string of the molecule is CCc1cccc(OCCNC(=O)NCC2CCCO2)c1. The van der Waals surface area contributed by atoms with E-state index in [1.54, 1.807) is 0 Å². The molecule has 5 heteroatoms. The molecule has 1 saturated heterocycles. The average Bonchev–Trinajstić information content (AvgIpc) is 3.03. The molecule has 0 spiro atoms. The molecule has 1 aromatic rings.